The average molecular weight is 410 g/mol. The van der Waals surface area contributed by atoms with Crippen LogP contribution in [0.3, 0.4) is 0 Å². The molecule has 0 spiro atoms. The monoisotopic (exact) mass is 409 g/mol. The Kier molecular flexibility index (Phi) is 7.45. The molecule has 0 N–H and O–H groups in total. The van der Waals surface area contributed by atoms with Gasteiger partial charge in [-0.1, -0.05) is 72.1 Å². The molecule has 2 heterocycles. The smallest absolute Gasteiger partial charge is 0.191 e. The van der Waals surface area contributed by atoms with Crippen LogP contribution < -0.4 is 0 Å². The first kappa shape index (κ1) is 20.4. The fourth-order valence-electron chi connectivity index (χ4n) is 2.60. The number of rotatable bonds is 9. The summed E-state index contributed by atoms with van der Waals surface area (Å²) >= 11 is 3.25. The van der Waals surface area contributed by atoms with E-state index in [1.54, 1.807) is 23.5 Å². The molecule has 0 radical (unpaired) electrons. The zero-order chi connectivity index (χ0) is 19.8. The second-order valence-electron chi connectivity index (χ2n) is 6.14. The molecule has 0 fully saturated rings. The molecule has 0 aliphatic heterocycles. The van der Waals surface area contributed by atoms with E-state index in [0.29, 0.717) is 12.3 Å². The zero-order valence-electron chi connectivity index (χ0n) is 16.1. The van der Waals surface area contributed by atoms with Gasteiger partial charge in [0.2, 0.25) is 0 Å². The van der Waals surface area contributed by atoms with Crippen molar-refractivity contribution >= 4 is 29.6 Å². The quantitative estimate of drug-likeness (QED) is 0.283. The number of allylic oxidation sites excluding steroid dienone is 1. The number of aromatic nitrogens is 5. The highest BCUT2D eigenvalue weighted by Crippen LogP contribution is 2.23. The molecule has 144 valence electrons. The third-order valence-electron chi connectivity index (χ3n) is 3.82. The Morgan fingerprint density at radius 2 is 1.79 bits per heavy atom. The molecule has 3 aromatic rings. The van der Waals surface area contributed by atoms with E-state index >= 15 is 0 Å². The molecule has 0 aliphatic carbocycles. The van der Waals surface area contributed by atoms with Crippen LogP contribution in [-0.4, -0.2) is 30.5 Å². The second-order valence-corrected chi connectivity index (χ2v) is 8.07. The van der Waals surface area contributed by atoms with Crippen molar-refractivity contribution in [2.75, 3.05) is 5.75 Å². The SMILES string of the molecule is C=CCn1c(CSc2nc(C)cc(C)n2)nnc1SC/C=C/c1ccccc1. The molecule has 0 aliphatic rings. The van der Waals surface area contributed by atoms with Crippen LogP contribution in [0.25, 0.3) is 6.08 Å². The average Bonchev–Trinajstić information content (AvgIpc) is 3.06. The van der Waals surface area contributed by atoms with E-state index in [1.165, 1.54) is 5.56 Å². The normalized spacial score (nSPS) is 11.2. The van der Waals surface area contributed by atoms with Crippen molar-refractivity contribution in [2.45, 2.75) is 36.5 Å². The predicted octanol–water partition coefficient (Wildman–Crippen LogP) is 4.97. The van der Waals surface area contributed by atoms with Crippen molar-refractivity contribution in [1.82, 2.24) is 24.7 Å². The minimum absolute atomic E-state index is 0.671. The van der Waals surface area contributed by atoms with E-state index in [0.717, 1.165) is 33.3 Å². The predicted molar refractivity (Wildman–Crippen MR) is 117 cm³/mol. The Morgan fingerprint density at radius 3 is 2.50 bits per heavy atom. The summed E-state index contributed by atoms with van der Waals surface area (Å²) in [4.78, 5) is 8.96. The van der Waals surface area contributed by atoms with Gasteiger partial charge in [-0.05, 0) is 25.5 Å². The second kappa shape index (κ2) is 10.2. The molecule has 3 rings (SSSR count). The summed E-state index contributed by atoms with van der Waals surface area (Å²) in [6.07, 6.45) is 6.13. The topological polar surface area (TPSA) is 56.5 Å². The fraction of sp³-hybridized carbons (Fsp3) is 0.238. The lowest BCUT2D eigenvalue weighted by Crippen LogP contribution is -2.03. The first-order valence-corrected chi connectivity index (χ1v) is 11.0. The van der Waals surface area contributed by atoms with Crippen LogP contribution in [0.1, 0.15) is 22.8 Å². The minimum atomic E-state index is 0.671. The van der Waals surface area contributed by atoms with Crippen LogP contribution in [0, 0.1) is 13.8 Å². The minimum Gasteiger partial charge on any atom is -0.301 e. The Hall–Kier alpha value is -2.38. The molecule has 0 bridgehead atoms. The van der Waals surface area contributed by atoms with Crippen molar-refractivity contribution < 1.29 is 0 Å². The summed E-state index contributed by atoms with van der Waals surface area (Å²) in [5, 5.41) is 10.4. The summed E-state index contributed by atoms with van der Waals surface area (Å²) < 4.78 is 2.10. The highest BCUT2D eigenvalue weighted by molar-refractivity contribution is 7.99. The van der Waals surface area contributed by atoms with Crippen molar-refractivity contribution in [2.24, 2.45) is 0 Å². The molecular formula is C21H23N5S2. The van der Waals surface area contributed by atoms with E-state index in [9.17, 15) is 0 Å². The van der Waals surface area contributed by atoms with Gasteiger partial charge in [-0.3, -0.25) is 0 Å². The highest BCUT2D eigenvalue weighted by atomic mass is 32.2. The molecule has 0 atom stereocenters. The van der Waals surface area contributed by atoms with Crippen LogP contribution in [0.15, 0.2) is 65.4 Å². The maximum absolute atomic E-state index is 4.48. The fourth-order valence-corrected chi connectivity index (χ4v) is 4.27. The first-order chi connectivity index (χ1) is 13.7. The standard InChI is InChI=1S/C21H23N5S2/c1-4-12-26-19(15-28-20-22-16(2)14-17(3)23-20)24-25-21(26)27-13-8-11-18-9-6-5-7-10-18/h4-11,14H,1,12-13,15H2,2-3H3/b11-8+. The largest absolute Gasteiger partial charge is 0.301 e. The van der Waals surface area contributed by atoms with Crippen molar-refractivity contribution in [3.05, 3.63) is 77.9 Å². The van der Waals surface area contributed by atoms with Gasteiger partial charge in [-0.2, -0.15) is 0 Å². The maximum atomic E-state index is 4.48. The summed E-state index contributed by atoms with van der Waals surface area (Å²) in [5.74, 6) is 2.41. The van der Waals surface area contributed by atoms with E-state index in [2.05, 4.69) is 55.6 Å². The van der Waals surface area contributed by atoms with Crippen molar-refractivity contribution in [3.8, 4) is 0 Å². The van der Waals surface area contributed by atoms with Crippen LogP contribution in [-0.2, 0) is 12.3 Å². The third kappa shape index (κ3) is 5.81. The molecular weight excluding hydrogens is 386 g/mol. The molecule has 0 amide bonds. The Morgan fingerprint density at radius 1 is 1.04 bits per heavy atom. The molecule has 0 unspecified atom stereocenters. The van der Waals surface area contributed by atoms with Gasteiger partial charge in [0.1, 0.15) is 5.82 Å². The Bertz CT molecular complexity index is 930. The molecule has 28 heavy (non-hydrogen) atoms. The maximum Gasteiger partial charge on any atom is 0.191 e. The molecule has 7 heteroatoms. The van der Waals surface area contributed by atoms with Crippen LogP contribution in [0.5, 0.6) is 0 Å². The molecule has 1 aromatic carbocycles. The lowest BCUT2D eigenvalue weighted by molar-refractivity contribution is 0.700. The van der Waals surface area contributed by atoms with E-state index in [4.69, 9.17) is 0 Å². The Labute approximate surface area is 174 Å². The number of benzene rings is 1. The lowest BCUT2D eigenvalue weighted by Gasteiger charge is -2.07. The number of hydrogen-bond acceptors (Lipinski definition) is 6. The van der Waals surface area contributed by atoms with Crippen LogP contribution >= 0.6 is 23.5 Å². The van der Waals surface area contributed by atoms with Gasteiger partial charge in [-0.15, -0.1) is 16.8 Å². The highest BCUT2D eigenvalue weighted by Gasteiger charge is 2.12. The Balaban J connectivity index is 1.63. The molecule has 5 nitrogen and oxygen atoms in total. The van der Waals surface area contributed by atoms with Gasteiger partial charge in [0.15, 0.2) is 10.3 Å². The van der Waals surface area contributed by atoms with Gasteiger partial charge in [-0.25, -0.2) is 9.97 Å². The summed E-state index contributed by atoms with van der Waals surface area (Å²) in [6, 6.07) is 12.2. The van der Waals surface area contributed by atoms with Gasteiger partial charge in [0.25, 0.3) is 0 Å². The summed E-state index contributed by atoms with van der Waals surface area (Å²) in [6.45, 7) is 8.51. The summed E-state index contributed by atoms with van der Waals surface area (Å²) in [5.41, 5.74) is 3.15. The summed E-state index contributed by atoms with van der Waals surface area (Å²) in [7, 11) is 0. The molecule has 0 saturated heterocycles. The first-order valence-electron chi connectivity index (χ1n) is 8.98. The lowest BCUT2D eigenvalue weighted by atomic mass is 10.2. The van der Waals surface area contributed by atoms with E-state index < -0.39 is 0 Å². The van der Waals surface area contributed by atoms with E-state index in [-0.39, 0.29) is 0 Å². The van der Waals surface area contributed by atoms with Crippen molar-refractivity contribution in [3.63, 3.8) is 0 Å². The zero-order valence-corrected chi connectivity index (χ0v) is 17.7. The third-order valence-corrected chi connectivity index (χ3v) is 5.58. The van der Waals surface area contributed by atoms with Gasteiger partial charge in [0, 0.05) is 23.7 Å². The van der Waals surface area contributed by atoms with E-state index in [1.807, 2.05) is 44.2 Å². The molecule has 0 saturated carbocycles. The number of nitrogens with zero attached hydrogens (tertiary/aromatic N) is 5. The number of hydrogen-bond donors (Lipinski definition) is 0. The van der Waals surface area contributed by atoms with Gasteiger partial charge < -0.3 is 4.57 Å². The number of thioether (sulfide) groups is 2. The van der Waals surface area contributed by atoms with Gasteiger partial charge in [0.05, 0.1) is 5.75 Å². The molecule has 2 aromatic heterocycles. The van der Waals surface area contributed by atoms with Crippen LogP contribution in [0.2, 0.25) is 0 Å². The van der Waals surface area contributed by atoms with Gasteiger partial charge >= 0.3 is 0 Å². The number of aryl methyl sites for hydroxylation is 2. The van der Waals surface area contributed by atoms with Crippen molar-refractivity contribution in [1.29, 1.82) is 0 Å². The van der Waals surface area contributed by atoms with Crippen LogP contribution in [0.4, 0.5) is 0 Å².